The molecule has 0 bridgehead atoms. The van der Waals surface area contributed by atoms with Crippen LogP contribution in [0.3, 0.4) is 0 Å². The summed E-state index contributed by atoms with van der Waals surface area (Å²) in [6, 6.07) is 54.8. The molecule has 1 aliphatic rings. The van der Waals surface area contributed by atoms with Crippen LogP contribution in [-0.4, -0.2) is 33.3 Å². The summed E-state index contributed by atoms with van der Waals surface area (Å²) in [6.45, 7) is 8.37. The average Bonchev–Trinajstić information content (AvgIpc) is 3.43. The van der Waals surface area contributed by atoms with Crippen molar-refractivity contribution in [2.24, 2.45) is 0 Å². The van der Waals surface area contributed by atoms with Crippen LogP contribution < -0.4 is 5.46 Å². The lowest BCUT2D eigenvalue weighted by Gasteiger charge is -2.32. The number of hydrogen-bond donors (Lipinski definition) is 0. The zero-order chi connectivity index (χ0) is 36.2. The zero-order valence-electron chi connectivity index (χ0n) is 30.2. The van der Waals surface area contributed by atoms with E-state index in [1.165, 1.54) is 21.5 Å². The first-order chi connectivity index (χ1) is 25.7. The minimum absolute atomic E-state index is 0.478. The summed E-state index contributed by atoms with van der Waals surface area (Å²) in [5, 5.41) is 4.80. The van der Waals surface area contributed by atoms with Gasteiger partial charge in [0.1, 0.15) is 0 Å². The Kier molecular flexibility index (Phi) is 8.03. The fourth-order valence-corrected chi connectivity index (χ4v) is 7.23. The molecule has 1 fully saturated rings. The van der Waals surface area contributed by atoms with E-state index in [4.69, 9.17) is 24.3 Å². The Labute approximate surface area is 310 Å². The summed E-state index contributed by atoms with van der Waals surface area (Å²) in [4.78, 5) is 15.3. The largest absolute Gasteiger partial charge is 0.495 e. The summed E-state index contributed by atoms with van der Waals surface area (Å²) < 4.78 is 13.2. The molecule has 2 heterocycles. The second kappa shape index (κ2) is 12.9. The second-order valence-electron chi connectivity index (χ2n) is 14.7. The van der Waals surface area contributed by atoms with Crippen LogP contribution in [0.4, 0.5) is 0 Å². The minimum atomic E-state index is -0.531. The number of hydrogen-bond acceptors (Lipinski definition) is 5. The molecule has 0 unspecified atom stereocenters. The molecule has 1 aliphatic heterocycles. The number of nitrogens with zero attached hydrogens (tertiary/aromatic N) is 3. The Morgan fingerprint density at radius 3 is 1.47 bits per heavy atom. The van der Waals surface area contributed by atoms with E-state index in [0.29, 0.717) is 17.5 Å². The van der Waals surface area contributed by atoms with Crippen molar-refractivity contribution in [2.45, 2.75) is 38.9 Å². The fourth-order valence-electron chi connectivity index (χ4n) is 7.23. The molecule has 0 saturated carbocycles. The Bertz CT molecular complexity index is 2570. The summed E-state index contributed by atoms with van der Waals surface area (Å²) >= 11 is 0. The van der Waals surface area contributed by atoms with E-state index >= 15 is 0 Å². The van der Waals surface area contributed by atoms with Gasteiger partial charge in [-0.25, -0.2) is 15.0 Å². The first-order valence-electron chi connectivity index (χ1n) is 18.1. The van der Waals surface area contributed by atoms with Gasteiger partial charge in [-0.1, -0.05) is 133 Å². The topological polar surface area (TPSA) is 57.1 Å². The van der Waals surface area contributed by atoms with Crippen molar-refractivity contribution in [1.29, 1.82) is 0 Å². The number of fused-ring (bicyclic) bond motifs is 3. The van der Waals surface area contributed by atoms with Gasteiger partial charge in [-0.3, -0.25) is 0 Å². The van der Waals surface area contributed by atoms with E-state index in [2.05, 4.69) is 125 Å². The molecule has 5 nitrogen and oxygen atoms in total. The maximum atomic E-state index is 6.62. The van der Waals surface area contributed by atoms with Crippen LogP contribution in [0.5, 0.6) is 0 Å². The standard InChI is InChI=1S/C47H38BN3O2/c1-46(2)47(3,4)53-48(52-46)42-26-16-15-23-38(42)34-27-35(41-30-33-21-11-12-22-37(33)39-24-13-14-25-40(39)41)29-36(28-34)45-50-43(31-17-7-5-8-18-31)49-44(51-45)32-19-9-6-10-20-32/h5-30H,1-4H3. The molecule has 9 rings (SSSR count). The van der Waals surface area contributed by atoms with Crippen molar-refractivity contribution in [2.75, 3.05) is 0 Å². The van der Waals surface area contributed by atoms with Crippen molar-refractivity contribution in [3.8, 4) is 56.4 Å². The molecule has 0 spiro atoms. The van der Waals surface area contributed by atoms with Gasteiger partial charge in [-0.15, -0.1) is 0 Å². The van der Waals surface area contributed by atoms with E-state index in [9.17, 15) is 0 Å². The summed E-state index contributed by atoms with van der Waals surface area (Å²) in [6.07, 6.45) is 0. The zero-order valence-corrected chi connectivity index (χ0v) is 30.2. The normalized spacial score (nSPS) is 14.9. The monoisotopic (exact) mass is 687 g/mol. The van der Waals surface area contributed by atoms with E-state index in [1.54, 1.807) is 0 Å². The third-order valence-corrected chi connectivity index (χ3v) is 10.7. The number of aromatic nitrogens is 3. The Morgan fingerprint density at radius 1 is 0.396 bits per heavy atom. The molecule has 0 aliphatic carbocycles. The highest BCUT2D eigenvalue weighted by molar-refractivity contribution is 6.63. The predicted octanol–water partition coefficient (Wildman–Crippen LogP) is 10.8. The molecular weight excluding hydrogens is 649 g/mol. The van der Waals surface area contributed by atoms with Crippen LogP contribution in [0.15, 0.2) is 158 Å². The molecule has 0 amide bonds. The van der Waals surface area contributed by atoms with E-state index in [0.717, 1.165) is 44.4 Å². The van der Waals surface area contributed by atoms with Crippen molar-refractivity contribution >= 4 is 34.1 Å². The second-order valence-corrected chi connectivity index (χ2v) is 14.7. The molecule has 53 heavy (non-hydrogen) atoms. The molecule has 0 radical (unpaired) electrons. The van der Waals surface area contributed by atoms with Crippen molar-refractivity contribution in [3.05, 3.63) is 158 Å². The smallest absolute Gasteiger partial charge is 0.399 e. The molecule has 8 aromatic rings. The van der Waals surface area contributed by atoms with Gasteiger partial charge in [0.15, 0.2) is 17.5 Å². The van der Waals surface area contributed by atoms with Crippen molar-refractivity contribution < 1.29 is 9.31 Å². The summed E-state index contributed by atoms with van der Waals surface area (Å²) in [7, 11) is -0.531. The van der Waals surface area contributed by atoms with Crippen LogP contribution in [0.1, 0.15) is 27.7 Å². The summed E-state index contributed by atoms with van der Waals surface area (Å²) in [5.74, 6) is 1.84. The first-order valence-corrected chi connectivity index (χ1v) is 18.1. The van der Waals surface area contributed by atoms with Crippen molar-refractivity contribution in [3.63, 3.8) is 0 Å². The molecule has 1 saturated heterocycles. The molecule has 256 valence electrons. The van der Waals surface area contributed by atoms with Gasteiger partial charge >= 0.3 is 7.12 Å². The third kappa shape index (κ3) is 6.00. The van der Waals surface area contributed by atoms with Crippen LogP contribution in [0, 0.1) is 0 Å². The maximum absolute atomic E-state index is 6.62. The molecule has 1 aromatic heterocycles. The van der Waals surface area contributed by atoms with Gasteiger partial charge in [-0.2, -0.15) is 0 Å². The van der Waals surface area contributed by atoms with Crippen LogP contribution >= 0.6 is 0 Å². The molecule has 0 atom stereocenters. The highest BCUT2D eigenvalue weighted by Gasteiger charge is 2.52. The number of benzene rings is 7. The van der Waals surface area contributed by atoms with Crippen LogP contribution in [0.2, 0.25) is 0 Å². The Hall–Kier alpha value is -5.95. The van der Waals surface area contributed by atoms with Gasteiger partial charge in [0.2, 0.25) is 0 Å². The quantitative estimate of drug-likeness (QED) is 0.129. The fraction of sp³-hybridized carbons (Fsp3) is 0.128. The lowest BCUT2D eigenvalue weighted by atomic mass is 9.74. The SMILES string of the molecule is CC1(C)OB(c2ccccc2-c2cc(-c3nc(-c4ccccc4)nc(-c4ccccc4)n3)cc(-c3cc4ccccc4c4ccccc34)c2)OC1(C)C. The van der Waals surface area contributed by atoms with E-state index < -0.39 is 18.3 Å². The first kappa shape index (κ1) is 32.9. The highest BCUT2D eigenvalue weighted by atomic mass is 16.7. The predicted molar refractivity (Wildman–Crippen MR) is 218 cm³/mol. The van der Waals surface area contributed by atoms with Gasteiger partial charge in [0, 0.05) is 16.7 Å². The van der Waals surface area contributed by atoms with Crippen LogP contribution in [-0.2, 0) is 9.31 Å². The molecule has 7 aromatic carbocycles. The van der Waals surface area contributed by atoms with E-state index in [1.807, 2.05) is 60.7 Å². The Morgan fingerprint density at radius 2 is 0.849 bits per heavy atom. The molecule has 6 heteroatoms. The third-order valence-electron chi connectivity index (χ3n) is 10.7. The average molecular weight is 688 g/mol. The van der Waals surface area contributed by atoms with Gasteiger partial charge in [0.25, 0.3) is 0 Å². The van der Waals surface area contributed by atoms with Crippen LogP contribution in [0.25, 0.3) is 78.0 Å². The van der Waals surface area contributed by atoms with Gasteiger partial charge < -0.3 is 9.31 Å². The minimum Gasteiger partial charge on any atom is -0.399 e. The lowest BCUT2D eigenvalue weighted by Crippen LogP contribution is -2.41. The summed E-state index contributed by atoms with van der Waals surface area (Å²) in [5.41, 5.74) is 7.00. The van der Waals surface area contributed by atoms with Gasteiger partial charge in [0.05, 0.1) is 11.2 Å². The lowest BCUT2D eigenvalue weighted by molar-refractivity contribution is 0.00578. The van der Waals surface area contributed by atoms with Gasteiger partial charge in [-0.05, 0) is 101 Å². The molecular formula is C47H38BN3O2. The Balaban J connectivity index is 1.31. The van der Waals surface area contributed by atoms with E-state index in [-0.39, 0.29) is 0 Å². The highest BCUT2D eigenvalue weighted by Crippen LogP contribution is 2.41. The number of rotatable bonds is 6. The van der Waals surface area contributed by atoms with Crippen molar-refractivity contribution in [1.82, 2.24) is 15.0 Å². The molecule has 0 N–H and O–H groups in total. The maximum Gasteiger partial charge on any atom is 0.495 e.